The topological polar surface area (TPSA) is 32.7 Å². The molecule has 0 bridgehead atoms. The molecule has 3 aliphatic rings. The molecular weight excluding hydrogens is 226 g/mol. The first-order chi connectivity index (χ1) is 8.81. The molecule has 2 aliphatic carbocycles. The van der Waals surface area contributed by atoms with Gasteiger partial charge in [-0.05, 0) is 38.5 Å². The third-order valence-electron chi connectivity index (χ3n) is 5.27. The molecule has 3 fully saturated rings. The van der Waals surface area contributed by atoms with Crippen molar-refractivity contribution >= 4 is 0 Å². The molecule has 1 N–H and O–H groups in total. The number of hydrogen-bond acceptors (Lipinski definition) is 3. The summed E-state index contributed by atoms with van der Waals surface area (Å²) in [6, 6.07) is 0.723. The van der Waals surface area contributed by atoms with Gasteiger partial charge in [-0.1, -0.05) is 19.3 Å². The van der Waals surface area contributed by atoms with E-state index >= 15 is 0 Å². The molecule has 0 amide bonds. The summed E-state index contributed by atoms with van der Waals surface area (Å²) >= 11 is 0. The monoisotopic (exact) mass is 253 g/mol. The fourth-order valence-corrected chi connectivity index (χ4v) is 3.98. The molecule has 0 radical (unpaired) electrons. The van der Waals surface area contributed by atoms with Gasteiger partial charge in [0.15, 0.2) is 0 Å². The summed E-state index contributed by atoms with van der Waals surface area (Å²) in [4.78, 5) is 2.47. The molecule has 1 atom stereocenters. The van der Waals surface area contributed by atoms with Crippen molar-refractivity contribution in [1.29, 1.82) is 0 Å². The maximum atomic E-state index is 9.20. The normalized spacial score (nSPS) is 31.3. The van der Waals surface area contributed by atoms with Gasteiger partial charge in [-0.2, -0.15) is 0 Å². The van der Waals surface area contributed by atoms with Crippen molar-refractivity contribution in [2.24, 2.45) is 0 Å². The molecule has 3 heteroatoms. The number of rotatable bonds is 5. The van der Waals surface area contributed by atoms with Crippen LogP contribution in [0.3, 0.4) is 0 Å². The molecular formula is C15H27NO2. The lowest BCUT2D eigenvalue weighted by Crippen LogP contribution is -2.45. The van der Waals surface area contributed by atoms with Crippen LogP contribution in [0, 0.1) is 0 Å². The van der Waals surface area contributed by atoms with Crippen molar-refractivity contribution in [1.82, 2.24) is 4.90 Å². The minimum atomic E-state index is 0.259. The Hall–Kier alpha value is -0.120. The number of hydrogen-bond donors (Lipinski definition) is 1. The van der Waals surface area contributed by atoms with Gasteiger partial charge in [0.25, 0.3) is 0 Å². The van der Waals surface area contributed by atoms with Crippen LogP contribution in [0.2, 0.25) is 0 Å². The summed E-state index contributed by atoms with van der Waals surface area (Å²) in [6.07, 6.45) is 12.2. The number of aliphatic hydroxyl groups excluding tert-OH is 1. The third kappa shape index (κ3) is 2.59. The van der Waals surface area contributed by atoms with Crippen LogP contribution in [0.25, 0.3) is 0 Å². The summed E-state index contributed by atoms with van der Waals surface area (Å²) in [5, 5.41) is 9.20. The predicted octanol–water partition coefficient (Wildman–Crippen LogP) is 2.33. The highest BCUT2D eigenvalue weighted by molar-refractivity contribution is 4.94. The molecule has 1 unspecified atom stereocenters. The van der Waals surface area contributed by atoms with Crippen LogP contribution in [0.15, 0.2) is 0 Å². The van der Waals surface area contributed by atoms with E-state index in [0.29, 0.717) is 6.10 Å². The average Bonchev–Trinajstić information content (AvgIpc) is 2.88. The standard InChI is InChI=1S/C15H27NO2/c17-11-10-16(13-4-3-5-13)12-14-6-9-15(18-14)7-1-2-8-15/h13-14,17H,1-12H2. The minimum absolute atomic E-state index is 0.259. The van der Waals surface area contributed by atoms with Crippen molar-refractivity contribution < 1.29 is 9.84 Å². The minimum Gasteiger partial charge on any atom is -0.395 e. The number of aliphatic hydroxyl groups is 1. The van der Waals surface area contributed by atoms with Gasteiger partial charge in [0.05, 0.1) is 18.3 Å². The van der Waals surface area contributed by atoms with Crippen LogP contribution in [0.4, 0.5) is 0 Å². The molecule has 1 saturated heterocycles. The maximum Gasteiger partial charge on any atom is 0.0710 e. The van der Waals surface area contributed by atoms with Crippen LogP contribution in [-0.4, -0.2) is 47.4 Å². The fourth-order valence-electron chi connectivity index (χ4n) is 3.98. The summed E-state index contributed by atoms with van der Waals surface area (Å²) in [5.41, 5.74) is 0.259. The Morgan fingerprint density at radius 1 is 1.06 bits per heavy atom. The van der Waals surface area contributed by atoms with E-state index < -0.39 is 0 Å². The highest BCUT2D eigenvalue weighted by atomic mass is 16.5. The molecule has 104 valence electrons. The van der Waals surface area contributed by atoms with Crippen molar-refractivity contribution in [3.8, 4) is 0 Å². The zero-order chi connectivity index (χ0) is 12.4. The van der Waals surface area contributed by atoms with Gasteiger partial charge in [-0.3, -0.25) is 4.90 Å². The fraction of sp³-hybridized carbons (Fsp3) is 1.00. The van der Waals surface area contributed by atoms with Gasteiger partial charge in [0, 0.05) is 19.1 Å². The first-order valence-electron chi connectivity index (χ1n) is 7.84. The third-order valence-corrected chi connectivity index (χ3v) is 5.27. The Bertz CT molecular complexity index is 272. The molecule has 3 nitrogen and oxygen atoms in total. The lowest BCUT2D eigenvalue weighted by atomic mass is 9.91. The Kier molecular flexibility index (Phi) is 3.92. The van der Waals surface area contributed by atoms with E-state index in [9.17, 15) is 5.11 Å². The Labute approximate surface area is 110 Å². The molecule has 2 saturated carbocycles. The average molecular weight is 253 g/mol. The van der Waals surface area contributed by atoms with Crippen LogP contribution < -0.4 is 0 Å². The molecule has 1 spiro atoms. The lowest BCUT2D eigenvalue weighted by Gasteiger charge is -2.38. The smallest absolute Gasteiger partial charge is 0.0710 e. The summed E-state index contributed by atoms with van der Waals surface area (Å²) in [5.74, 6) is 0. The second kappa shape index (κ2) is 5.48. The maximum absolute atomic E-state index is 9.20. The Morgan fingerprint density at radius 2 is 1.83 bits per heavy atom. The van der Waals surface area contributed by atoms with E-state index in [0.717, 1.165) is 19.1 Å². The van der Waals surface area contributed by atoms with Gasteiger partial charge in [0.1, 0.15) is 0 Å². The van der Waals surface area contributed by atoms with E-state index in [2.05, 4.69) is 4.90 Å². The van der Waals surface area contributed by atoms with Gasteiger partial charge < -0.3 is 9.84 Å². The van der Waals surface area contributed by atoms with E-state index in [1.165, 1.54) is 57.8 Å². The Morgan fingerprint density at radius 3 is 2.44 bits per heavy atom. The summed E-state index contributed by atoms with van der Waals surface area (Å²) in [7, 11) is 0. The zero-order valence-electron chi connectivity index (χ0n) is 11.4. The molecule has 18 heavy (non-hydrogen) atoms. The Balaban J connectivity index is 1.52. The molecule has 0 aromatic carbocycles. The zero-order valence-corrected chi connectivity index (χ0v) is 11.4. The second-order valence-electron chi connectivity index (χ2n) is 6.47. The van der Waals surface area contributed by atoms with E-state index in [1.807, 2.05) is 0 Å². The quantitative estimate of drug-likeness (QED) is 0.816. The van der Waals surface area contributed by atoms with Crippen LogP contribution in [0.5, 0.6) is 0 Å². The van der Waals surface area contributed by atoms with Crippen LogP contribution >= 0.6 is 0 Å². The van der Waals surface area contributed by atoms with E-state index in [4.69, 9.17) is 4.74 Å². The highest BCUT2D eigenvalue weighted by Gasteiger charge is 2.42. The molecule has 0 aromatic heterocycles. The van der Waals surface area contributed by atoms with E-state index in [1.54, 1.807) is 0 Å². The molecule has 1 heterocycles. The first kappa shape index (κ1) is 12.9. The lowest BCUT2D eigenvalue weighted by molar-refractivity contribution is -0.0567. The first-order valence-corrected chi connectivity index (χ1v) is 7.84. The highest BCUT2D eigenvalue weighted by Crippen LogP contribution is 2.43. The van der Waals surface area contributed by atoms with E-state index in [-0.39, 0.29) is 12.2 Å². The summed E-state index contributed by atoms with van der Waals surface area (Å²) in [6.45, 7) is 2.17. The van der Waals surface area contributed by atoms with Crippen molar-refractivity contribution in [2.45, 2.75) is 75.5 Å². The van der Waals surface area contributed by atoms with Gasteiger partial charge in [0.2, 0.25) is 0 Å². The van der Waals surface area contributed by atoms with Gasteiger partial charge >= 0.3 is 0 Å². The van der Waals surface area contributed by atoms with Crippen LogP contribution in [0.1, 0.15) is 57.8 Å². The second-order valence-corrected chi connectivity index (χ2v) is 6.47. The summed E-state index contributed by atoms with van der Waals surface area (Å²) < 4.78 is 6.38. The number of ether oxygens (including phenoxy) is 1. The molecule has 1 aliphatic heterocycles. The van der Waals surface area contributed by atoms with Gasteiger partial charge in [-0.15, -0.1) is 0 Å². The SMILES string of the molecule is OCCN(CC1CCC2(CCCC2)O1)C1CCC1. The number of nitrogens with zero attached hydrogens (tertiary/aromatic N) is 1. The van der Waals surface area contributed by atoms with Crippen molar-refractivity contribution in [3.63, 3.8) is 0 Å². The molecule has 0 aromatic rings. The van der Waals surface area contributed by atoms with Crippen LogP contribution in [-0.2, 0) is 4.74 Å². The van der Waals surface area contributed by atoms with Crippen molar-refractivity contribution in [3.05, 3.63) is 0 Å². The van der Waals surface area contributed by atoms with Gasteiger partial charge in [-0.25, -0.2) is 0 Å². The largest absolute Gasteiger partial charge is 0.395 e. The predicted molar refractivity (Wildman–Crippen MR) is 71.6 cm³/mol. The molecule has 3 rings (SSSR count). The van der Waals surface area contributed by atoms with Crippen molar-refractivity contribution in [2.75, 3.05) is 19.7 Å².